The monoisotopic (exact) mass is 321 g/mol. The molecule has 1 aromatic heterocycles. The highest BCUT2D eigenvalue weighted by atomic mass is 32.1. The largest absolute Gasteiger partial charge is 0.455 e. The summed E-state index contributed by atoms with van der Waals surface area (Å²) in [6, 6.07) is 20.8. The number of ether oxygens (including phenoxy) is 1. The van der Waals surface area contributed by atoms with E-state index in [0.29, 0.717) is 5.75 Å². The van der Waals surface area contributed by atoms with Crippen LogP contribution in [0.5, 0.6) is 11.5 Å². The Hall–Kier alpha value is -2.85. The fourth-order valence-electron chi connectivity index (χ4n) is 2.00. The minimum Gasteiger partial charge on any atom is -0.455 e. The van der Waals surface area contributed by atoms with Crippen molar-refractivity contribution in [3.05, 3.63) is 89.3 Å². The summed E-state index contributed by atoms with van der Waals surface area (Å²) in [6.45, 7) is 0. The summed E-state index contributed by atoms with van der Waals surface area (Å²) in [5.74, 6) is 1.45. The van der Waals surface area contributed by atoms with Gasteiger partial charge in [-0.25, -0.2) is 0 Å². The molecule has 0 saturated heterocycles. The van der Waals surface area contributed by atoms with E-state index in [4.69, 9.17) is 4.74 Å². The van der Waals surface area contributed by atoms with Crippen molar-refractivity contribution < 1.29 is 9.53 Å². The van der Waals surface area contributed by atoms with Crippen LogP contribution in [0.4, 0.5) is 5.69 Å². The van der Waals surface area contributed by atoms with Crippen LogP contribution in [0.2, 0.25) is 0 Å². The molecule has 114 valence electrons. The number of benzene rings is 2. The number of hydrogen-bond donors (Lipinski definition) is 1. The summed E-state index contributed by atoms with van der Waals surface area (Å²) in [4.78, 5) is 12.6. The SMILES string of the molecule is O=C(/C=C/Nc1ccccc1Oc1ccccc1)c1cccs1. The molecular weight excluding hydrogens is 306 g/mol. The highest BCUT2D eigenvalue weighted by molar-refractivity contribution is 7.12. The van der Waals surface area contributed by atoms with Crippen molar-refractivity contribution in [2.45, 2.75) is 0 Å². The maximum Gasteiger partial charge on any atom is 0.197 e. The Bertz CT molecular complexity index is 795. The molecule has 3 nitrogen and oxygen atoms in total. The lowest BCUT2D eigenvalue weighted by Crippen LogP contribution is -1.95. The molecule has 0 spiro atoms. The number of hydrogen-bond acceptors (Lipinski definition) is 4. The lowest BCUT2D eigenvalue weighted by molar-refractivity contribution is 0.105. The molecule has 3 rings (SSSR count). The van der Waals surface area contributed by atoms with E-state index in [2.05, 4.69) is 5.32 Å². The molecule has 0 saturated carbocycles. The van der Waals surface area contributed by atoms with Gasteiger partial charge < -0.3 is 10.1 Å². The maximum atomic E-state index is 11.9. The van der Waals surface area contributed by atoms with Gasteiger partial charge in [-0.3, -0.25) is 4.79 Å². The molecule has 23 heavy (non-hydrogen) atoms. The average molecular weight is 321 g/mol. The zero-order valence-electron chi connectivity index (χ0n) is 12.3. The fourth-order valence-corrected chi connectivity index (χ4v) is 2.64. The van der Waals surface area contributed by atoms with Gasteiger partial charge in [-0.2, -0.15) is 0 Å². The van der Waals surface area contributed by atoms with Crippen molar-refractivity contribution in [3.63, 3.8) is 0 Å². The second-order valence-electron chi connectivity index (χ2n) is 4.73. The topological polar surface area (TPSA) is 38.3 Å². The van der Waals surface area contributed by atoms with E-state index < -0.39 is 0 Å². The summed E-state index contributed by atoms with van der Waals surface area (Å²) >= 11 is 1.43. The van der Waals surface area contributed by atoms with Crippen LogP contribution in [0.1, 0.15) is 9.67 Å². The van der Waals surface area contributed by atoms with Crippen molar-refractivity contribution in [1.82, 2.24) is 0 Å². The zero-order chi connectivity index (χ0) is 15.9. The highest BCUT2D eigenvalue weighted by Crippen LogP contribution is 2.29. The number of thiophene rings is 1. The Morgan fingerprint density at radius 3 is 2.52 bits per heavy atom. The van der Waals surface area contributed by atoms with Crippen LogP contribution < -0.4 is 10.1 Å². The van der Waals surface area contributed by atoms with E-state index in [-0.39, 0.29) is 5.78 Å². The molecule has 1 heterocycles. The molecule has 0 aliphatic heterocycles. The molecule has 3 aromatic rings. The smallest absolute Gasteiger partial charge is 0.197 e. The number of nitrogens with one attached hydrogen (secondary N) is 1. The summed E-state index contributed by atoms with van der Waals surface area (Å²) < 4.78 is 5.86. The van der Waals surface area contributed by atoms with Gasteiger partial charge in [-0.05, 0) is 35.7 Å². The standard InChI is InChI=1S/C19H15NO2S/c21-17(19-11-6-14-23-19)12-13-20-16-9-4-5-10-18(16)22-15-7-2-1-3-8-15/h1-14,20H/b13-12+. The highest BCUT2D eigenvalue weighted by Gasteiger charge is 2.04. The molecule has 2 aromatic carbocycles. The Morgan fingerprint density at radius 2 is 1.74 bits per heavy atom. The zero-order valence-corrected chi connectivity index (χ0v) is 13.1. The van der Waals surface area contributed by atoms with Crippen molar-refractivity contribution in [3.8, 4) is 11.5 Å². The quantitative estimate of drug-likeness (QED) is 0.491. The summed E-state index contributed by atoms with van der Waals surface area (Å²) in [5.41, 5.74) is 0.798. The molecule has 4 heteroatoms. The molecule has 0 bridgehead atoms. The van der Waals surface area contributed by atoms with Crippen LogP contribution in [-0.2, 0) is 0 Å². The number of anilines is 1. The third kappa shape index (κ3) is 4.08. The summed E-state index contributed by atoms with van der Waals surface area (Å²) in [5, 5.41) is 4.99. The Labute approximate surface area is 138 Å². The van der Waals surface area contributed by atoms with Gasteiger partial charge in [0.05, 0.1) is 10.6 Å². The second-order valence-corrected chi connectivity index (χ2v) is 5.68. The number of ketones is 1. The molecule has 0 fully saturated rings. The van der Waals surface area contributed by atoms with Gasteiger partial charge >= 0.3 is 0 Å². The lowest BCUT2D eigenvalue weighted by Gasteiger charge is -2.10. The second kappa shape index (κ2) is 7.42. The van der Waals surface area contributed by atoms with Gasteiger partial charge in [0.2, 0.25) is 0 Å². The molecule has 0 amide bonds. The van der Waals surface area contributed by atoms with Crippen LogP contribution in [0.15, 0.2) is 84.4 Å². The van der Waals surface area contributed by atoms with Gasteiger partial charge in [0, 0.05) is 12.3 Å². The third-order valence-corrected chi connectivity index (χ3v) is 3.98. The molecule has 0 aliphatic rings. The van der Waals surface area contributed by atoms with E-state index in [1.807, 2.05) is 72.1 Å². The minimum absolute atomic E-state index is 0.0195. The first-order valence-electron chi connectivity index (χ1n) is 7.16. The van der Waals surface area contributed by atoms with Crippen LogP contribution in [0.3, 0.4) is 0 Å². The number of allylic oxidation sites excluding steroid dienone is 1. The van der Waals surface area contributed by atoms with Crippen LogP contribution in [-0.4, -0.2) is 5.78 Å². The van der Waals surface area contributed by atoms with E-state index in [1.54, 1.807) is 6.20 Å². The first-order chi connectivity index (χ1) is 11.3. The van der Waals surface area contributed by atoms with Crippen molar-refractivity contribution >= 4 is 22.8 Å². The molecular formula is C19H15NO2S. The third-order valence-electron chi connectivity index (χ3n) is 3.10. The number of rotatable bonds is 6. The molecule has 1 N–H and O–H groups in total. The molecule has 0 radical (unpaired) electrons. The lowest BCUT2D eigenvalue weighted by atomic mass is 10.2. The Kier molecular flexibility index (Phi) is 4.86. The van der Waals surface area contributed by atoms with E-state index in [0.717, 1.165) is 16.3 Å². The molecule has 0 unspecified atom stereocenters. The van der Waals surface area contributed by atoms with Crippen molar-refractivity contribution in [2.75, 3.05) is 5.32 Å². The van der Waals surface area contributed by atoms with Crippen molar-refractivity contribution in [1.29, 1.82) is 0 Å². The molecule has 0 atom stereocenters. The van der Waals surface area contributed by atoms with Crippen LogP contribution >= 0.6 is 11.3 Å². The Morgan fingerprint density at radius 1 is 0.957 bits per heavy atom. The van der Waals surface area contributed by atoms with E-state index in [9.17, 15) is 4.79 Å². The minimum atomic E-state index is -0.0195. The fraction of sp³-hybridized carbons (Fsp3) is 0. The van der Waals surface area contributed by atoms with Gasteiger partial charge in [0.15, 0.2) is 11.5 Å². The predicted octanol–water partition coefficient (Wildman–Crippen LogP) is 5.35. The maximum absolute atomic E-state index is 11.9. The summed E-state index contributed by atoms with van der Waals surface area (Å²) in [7, 11) is 0. The average Bonchev–Trinajstić information content (AvgIpc) is 3.12. The molecule has 0 aliphatic carbocycles. The van der Waals surface area contributed by atoms with Crippen LogP contribution in [0.25, 0.3) is 0 Å². The van der Waals surface area contributed by atoms with Crippen molar-refractivity contribution in [2.24, 2.45) is 0 Å². The predicted molar refractivity (Wildman–Crippen MR) is 94.4 cm³/mol. The first kappa shape index (κ1) is 15.1. The summed E-state index contributed by atoms with van der Waals surface area (Å²) in [6.07, 6.45) is 3.15. The van der Waals surface area contributed by atoms with Gasteiger partial charge in [-0.1, -0.05) is 36.4 Å². The van der Waals surface area contributed by atoms with Gasteiger partial charge in [-0.15, -0.1) is 11.3 Å². The van der Waals surface area contributed by atoms with E-state index >= 15 is 0 Å². The van der Waals surface area contributed by atoms with Gasteiger partial charge in [0.25, 0.3) is 0 Å². The number of carbonyl (C=O) groups excluding carboxylic acids is 1. The van der Waals surface area contributed by atoms with E-state index in [1.165, 1.54) is 17.4 Å². The number of carbonyl (C=O) groups is 1. The number of para-hydroxylation sites is 3. The first-order valence-corrected chi connectivity index (χ1v) is 8.04. The Balaban J connectivity index is 1.70. The normalized spacial score (nSPS) is 10.6. The van der Waals surface area contributed by atoms with Gasteiger partial charge in [0.1, 0.15) is 5.75 Å². The van der Waals surface area contributed by atoms with Crippen LogP contribution in [0, 0.1) is 0 Å².